The minimum atomic E-state index is -0.299. The Morgan fingerprint density at radius 2 is 1.87 bits per heavy atom. The second kappa shape index (κ2) is 9.72. The molecule has 4 rings (SSSR count). The van der Waals surface area contributed by atoms with E-state index in [-0.39, 0.29) is 17.9 Å². The summed E-state index contributed by atoms with van der Waals surface area (Å²) in [5.41, 5.74) is 1.70. The van der Waals surface area contributed by atoms with Crippen LogP contribution in [0.3, 0.4) is 0 Å². The molecule has 164 valence electrons. The number of rotatable bonds is 4. The number of carbonyl (C=O) groups is 2. The Kier molecular flexibility index (Phi) is 6.59. The van der Waals surface area contributed by atoms with Gasteiger partial charge in [0.15, 0.2) is 5.82 Å². The number of hydrogen-bond acceptors (Lipinski definition) is 7. The van der Waals surface area contributed by atoms with Gasteiger partial charge < -0.3 is 19.4 Å². The van der Waals surface area contributed by atoms with Gasteiger partial charge in [0.1, 0.15) is 0 Å². The van der Waals surface area contributed by atoms with Crippen LogP contribution in [0.15, 0.2) is 36.7 Å². The molecule has 4 heterocycles. The van der Waals surface area contributed by atoms with E-state index in [1.807, 2.05) is 29.2 Å². The van der Waals surface area contributed by atoms with Gasteiger partial charge in [-0.05, 0) is 44.0 Å². The van der Waals surface area contributed by atoms with Crippen molar-refractivity contribution in [3.05, 3.63) is 36.7 Å². The number of anilines is 1. The number of hydrogen-bond donors (Lipinski definition) is 0. The molecule has 9 nitrogen and oxygen atoms in total. The predicted octanol–water partition coefficient (Wildman–Crippen LogP) is 2.06. The molecule has 2 aromatic heterocycles. The Labute approximate surface area is 182 Å². The highest BCUT2D eigenvalue weighted by Crippen LogP contribution is 2.24. The average molecular weight is 425 g/mol. The van der Waals surface area contributed by atoms with E-state index in [0.717, 1.165) is 36.5 Å². The molecule has 2 amide bonds. The largest absolute Gasteiger partial charge is 0.450 e. The number of piperidine rings is 1. The zero-order chi connectivity index (χ0) is 21.6. The molecule has 31 heavy (non-hydrogen) atoms. The second-order valence-electron chi connectivity index (χ2n) is 7.81. The van der Waals surface area contributed by atoms with E-state index in [1.165, 1.54) is 0 Å². The molecule has 1 unspecified atom stereocenters. The normalized spacial score (nSPS) is 19.3. The fraction of sp³-hybridized carbons (Fsp3) is 0.500. The van der Waals surface area contributed by atoms with Gasteiger partial charge in [0.2, 0.25) is 5.91 Å². The highest BCUT2D eigenvalue weighted by atomic mass is 16.6. The summed E-state index contributed by atoms with van der Waals surface area (Å²) in [6, 6.07) is 7.73. The van der Waals surface area contributed by atoms with Crippen LogP contribution < -0.4 is 4.90 Å². The van der Waals surface area contributed by atoms with E-state index in [9.17, 15) is 9.59 Å². The van der Waals surface area contributed by atoms with Gasteiger partial charge in [0.25, 0.3) is 0 Å². The first-order valence-corrected chi connectivity index (χ1v) is 10.8. The molecule has 2 aliphatic rings. The van der Waals surface area contributed by atoms with Crippen molar-refractivity contribution in [1.82, 2.24) is 25.0 Å². The van der Waals surface area contributed by atoms with Gasteiger partial charge in [-0.2, -0.15) is 0 Å². The Morgan fingerprint density at radius 3 is 2.55 bits per heavy atom. The molecule has 0 aromatic carbocycles. The van der Waals surface area contributed by atoms with Gasteiger partial charge in [0, 0.05) is 57.2 Å². The first-order valence-electron chi connectivity index (χ1n) is 10.8. The maximum atomic E-state index is 13.1. The zero-order valence-corrected chi connectivity index (χ0v) is 17.8. The van der Waals surface area contributed by atoms with Gasteiger partial charge in [0.05, 0.1) is 18.2 Å². The van der Waals surface area contributed by atoms with Crippen LogP contribution in [-0.4, -0.2) is 82.9 Å². The summed E-state index contributed by atoms with van der Waals surface area (Å²) in [5, 5.41) is 8.74. The van der Waals surface area contributed by atoms with Crippen molar-refractivity contribution in [2.45, 2.75) is 19.8 Å². The number of pyridine rings is 1. The topological polar surface area (TPSA) is 91.8 Å². The van der Waals surface area contributed by atoms with Crippen LogP contribution in [0.5, 0.6) is 0 Å². The number of aromatic nitrogens is 3. The summed E-state index contributed by atoms with van der Waals surface area (Å²) in [7, 11) is 0. The Morgan fingerprint density at radius 1 is 1.06 bits per heavy atom. The second-order valence-corrected chi connectivity index (χ2v) is 7.81. The lowest BCUT2D eigenvalue weighted by atomic mass is 9.96. The molecule has 2 aromatic rings. The molecule has 0 aliphatic carbocycles. The van der Waals surface area contributed by atoms with Crippen LogP contribution in [0, 0.1) is 5.92 Å². The third kappa shape index (κ3) is 4.92. The summed E-state index contributed by atoms with van der Waals surface area (Å²) in [5.74, 6) is 0.883. The molecule has 9 heteroatoms. The van der Waals surface area contributed by atoms with Crippen molar-refractivity contribution in [3.63, 3.8) is 0 Å². The quantitative estimate of drug-likeness (QED) is 0.742. The van der Waals surface area contributed by atoms with Crippen molar-refractivity contribution in [1.29, 1.82) is 0 Å². The number of amides is 2. The summed E-state index contributed by atoms with van der Waals surface area (Å²) in [6.07, 6.45) is 5.00. The van der Waals surface area contributed by atoms with Gasteiger partial charge in [-0.1, -0.05) is 0 Å². The van der Waals surface area contributed by atoms with Gasteiger partial charge in [-0.25, -0.2) is 4.79 Å². The molecular formula is C22H28N6O3. The highest BCUT2D eigenvalue weighted by molar-refractivity contribution is 5.80. The molecule has 1 atom stereocenters. The molecule has 0 saturated carbocycles. The fourth-order valence-corrected chi connectivity index (χ4v) is 4.13. The molecule has 0 N–H and O–H groups in total. The Bertz CT molecular complexity index is 884. The zero-order valence-electron chi connectivity index (χ0n) is 17.8. The summed E-state index contributed by atoms with van der Waals surface area (Å²) in [4.78, 5) is 34.8. The first-order chi connectivity index (χ1) is 15.2. The summed E-state index contributed by atoms with van der Waals surface area (Å²) >= 11 is 0. The predicted molar refractivity (Wildman–Crippen MR) is 115 cm³/mol. The molecule has 0 bridgehead atoms. The first kappa shape index (κ1) is 21.0. The Hall–Kier alpha value is -3.23. The van der Waals surface area contributed by atoms with Crippen LogP contribution in [0.1, 0.15) is 19.8 Å². The third-order valence-electron chi connectivity index (χ3n) is 5.82. The van der Waals surface area contributed by atoms with Crippen molar-refractivity contribution < 1.29 is 14.3 Å². The van der Waals surface area contributed by atoms with Crippen LogP contribution in [0.25, 0.3) is 11.3 Å². The maximum Gasteiger partial charge on any atom is 0.409 e. The van der Waals surface area contributed by atoms with E-state index < -0.39 is 0 Å². The van der Waals surface area contributed by atoms with Gasteiger partial charge in [-0.15, -0.1) is 10.2 Å². The summed E-state index contributed by atoms with van der Waals surface area (Å²) in [6.45, 7) is 5.79. The molecule has 0 radical (unpaired) electrons. The van der Waals surface area contributed by atoms with E-state index in [2.05, 4.69) is 20.1 Å². The van der Waals surface area contributed by atoms with Crippen LogP contribution in [-0.2, 0) is 9.53 Å². The Balaban J connectivity index is 1.34. The SMILES string of the molecule is CCOC(=O)N1CCN(C(=O)C2CCCN(c3ccc(-c4cccnc4)nn3)C2)CC1. The van der Waals surface area contributed by atoms with E-state index in [0.29, 0.717) is 39.3 Å². The third-order valence-corrected chi connectivity index (χ3v) is 5.82. The monoisotopic (exact) mass is 424 g/mol. The van der Waals surface area contributed by atoms with Gasteiger partial charge >= 0.3 is 6.09 Å². The lowest BCUT2D eigenvalue weighted by Gasteiger charge is -2.38. The van der Waals surface area contributed by atoms with E-state index in [4.69, 9.17) is 4.74 Å². The highest BCUT2D eigenvalue weighted by Gasteiger charge is 2.32. The molecule has 2 fully saturated rings. The average Bonchev–Trinajstić information content (AvgIpc) is 2.84. The molecule has 0 spiro atoms. The minimum Gasteiger partial charge on any atom is -0.450 e. The van der Waals surface area contributed by atoms with Crippen LogP contribution >= 0.6 is 0 Å². The molecule has 2 saturated heterocycles. The molecule has 2 aliphatic heterocycles. The van der Waals surface area contributed by atoms with Crippen molar-refractivity contribution in [2.75, 3.05) is 50.8 Å². The minimum absolute atomic E-state index is 0.0670. The van der Waals surface area contributed by atoms with Gasteiger partial charge in [-0.3, -0.25) is 9.78 Å². The van der Waals surface area contributed by atoms with E-state index >= 15 is 0 Å². The summed E-state index contributed by atoms with van der Waals surface area (Å²) < 4.78 is 5.05. The van der Waals surface area contributed by atoms with Crippen molar-refractivity contribution >= 4 is 17.8 Å². The number of ether oxygens (including phenoxy) is 1. The standard InChI is InChI=1S/C22H28N6O3/c1-2-31-22(30)27-13-11-26(12-14-27)21(29)18-6-4-10-28(16-18)20-8-7-19(24-25-20)17-5-3-9-23-15-17/h3,5,7-9,15,18H,2,4,6,10-14,16H2,1H3. The van der Waals surface area contributed by atoms with Crippen molar-refractivity contribution in [2.24, 2.45) is 5.92 Å². The van der Waals surface area contributed by atoms with Crippen LogP contribution in [0.4, 0.5) is 10.6 Å². The fourth-order valence-electron chi connectivity index (χ4n) is 4.13. The smallest absolute Gasteiger partial charge is 0.409 e. The van der Waals surface area contributed by atoms with Crippen LogP contribution in [0.2, 0.25) is 0 Å². The number of nitrogens with zero attached hydrogens (tertiary/aromatic N) is 6. The number of piperazine rings is 1. The number of carbonyl (C=O) groups excluding carboxylic acids is 2. The lowest BCUT2D eigenvalue weighted by molar-refractivity contribution is -0.137. The van der Waals surface area contributed by atoms with E-state index in [1.54, 1.807) is 24.2 Å². The molecular weight excluding hydrogens is 396 g/mol. The van der Waals surface area contributed by atoms with Crippen molar-refractivity contribution in [3.8, 4) is 11.3 Å². The maximum absolute atomic E-state index is 13.1. The lowest BCUT2D eigenvalue weighted by Crippen LogP contribution is -2.53.